The van der Waals surface area contributed by atoms with Crippen LogP contribution in [0.4, 0.5) is 0 Å². The van der Waals surface area contributed by atoms with Gasteiger partial charge < -0.3 is 10.1 Å². The first kappa shape index (κ1) is 13.5. The Hall–Kier alpha value is -2.17. The monoisotopic (exact) mass is 352 g/mol. The Balaban J connectivity index is 2.02. The number of H-pyrrole nitrogens is 1. The number of nitrogens with one attached hydrogen (secondary N) is 1. The number of hydrogen-bond acceptors (Lipinski definition) is 2. The number of pyridine rings is 1. The number of aromatic amines is 1. The van der Waals surface area contributed by atoms with E-state index in [0.29, 0.717) is 0 Å². The Morgan fingerprint density at radius 2 is 1.91 bits per heavy atom. The van der Waals surface area contributed by atoms with Crippen LogP contribution >= 0.6 is 15.9 Å². The average molecular weight is 353 g/mol. The highest BCUT2D eigenvalue weighted by atomic mass is 79.9. The van der Waals surface area contributed by atoms with Crippen molar-refractivity contribution in [3.05, 3.63) is 64.8 Å². The van der Waals surface area contributed by atoms with Crippen LogP contribution in [0.1, 0.15) is 5.56 Å². The number of hydrogen-bond donors (Lipinski definition) is 2. The summed E-state index contributed by atoms with van der Waals surface area (Å²) in [6.07, 6.45) is 1.97. The molecule has 0 radical (unpaired) electrons. The Labute approximate surface area is 135 Å². The van der Waals surface area contributed by atoms with E-state index in [9.17, 15) is 5.11 Å². The summed E-state index contributed by atoms with van der Waals surface area (Å²) in [5.41, 5.74) is 4.76. The lowest BCUT2D eigenvalue weighted by Gasteiger charge is -2.07. The number of aliphatic hydroxyl groups is 1. The maximum Gasteiger partial charge on any atom is 0.0734 e. The Kier molecular flexibility index (Phi) is 3.21. The van der Waals surface area contributed by atoms with Gasteiger partial charge in [0.15, 0.2) is 0 Å². The normalized spacial score (nSPS) is 11.4. The molecule has 2 aromatic carbocycles. The molecule has 4 rings (SSSR count). The van der Waals surface area contributed by atoms with Crippen molar-refractivity contribution in [1.82, 2.24) is 9.97 Å². The van der Waals surface area contributed by atoms with Crippen molar-refractivity contribution in [3.8, 4) is 11.3 Å². The van der Waals surface area contributed by atoms with Crippen molar-refractivity contribution in [2.75, 3.05) is 0 Å². The van der Waals surface area contributed by atoms with Gasteiger partial charge >= 0.3 is 0 Å². The fourth-order valence-electron chi connectivity index (χ4n) is 2.82. The number of benzene rings is 2. The van der Waals surface area contributed by atoms with Crippen LogP contribution in [-0.4, -0.2) is 15.1 Å². The highest BCUT2D eigenvalue weighted by molar-refractivity contribution is 9.10. The summed E-state index contributed by atoms with van der Waals surface area (Å²) in [6.45, 7) is 0.00207. The van der Waals surface area contributed by atoms with Crippen LogP contribution in [0.5, 0.6) is 0 Å². The number of fused-ring (bicyclic) bond motifs is 2. The molecule has 0 saturated carbocycles. The first-order valence-electron chi connectivity index (χ1n) is 7.03. The topological polar surface area (TPSA) is 48.9 Å². The zero-order valence-electron chi connectivity index (χ0n) is 11.7. The molecule has 0 aliphatic rings. The Bertz CT molecular complexity index is 991. The van der Waals surface area contributed by atoms with Crippen LogP contribution in [0.15, 0.2) is 59.2 Å². The molecule has 0 bridgehead atoms. The summed E-state index contributed by atoms with van der Waals surface area (Å²) in [7, 11) is 0. The van der Waals surface area contributed by atoms with Crippen LogP contribution < -0.4 is 0 Å². The summed E-state index contributed by atoms with van der Waals surface area (Å²) in [5, 5.41) is 11.8. The lowest BCUT2D eigenvalue weighted by molar-refractivity contribution is 0.283. The van der Waals surface area contributed by atoms with Crippen LogP contribution in [0.2, 0.25) is 0 Å². The van der Waals surface area contributed by atoms with E-state index < -0.39 is 0 Å². The van der Waals surface area contributed by atoms with Gasteiger partial charge in [-0.05, 0) is 35.9 Å². The Morgan fingerprint density at radius 1 is 1.05 bits per heavy atom. The second-order valence-electron chi connectivity index (χ2n) is 5.23. The molecule has 2 heterocycles. The molecule has 2 aromatic heterocycles. The van der Waals surface area contributed by atoms with Crippen LogP contribution in [0.25, 0.3) is 33.1 Å². The van der Waals surface area contributed by atoms with Gasteiger partial charge in [-0.2, -0.15) is 0 Å². The highest BCUT2D eigenvalue weighted by Crippen LogP contribution is 2.32. The maximum atomic E-state index is 9.67. The molecule has 4 heteroatoms. The molecule has 3 nitrogen and oxygen atoms in total. The van der Waals surface area contributed by atoms with E-state index in [-0.39, 0.29) is 6.61 Å². The van der Waals surface area contributed by atoms with Crippen molar-refractivity contribution in [1.29, 1.82) is 0 Å². The first-order chi connectivity index (χ1) is 10.8. The van der Waals surface area contributed by atoms with Crippen molar-refractivity contribution in [2.45, 2.75) is 6.61 Å². The maximum absolute atomic E-state index is 9.67. The third kappa shape index (κ3) is 2.12. The van der Waals surface area contributed by atoms with E-state index >= 15 is 0 Å². The van der Waals surface area contributed by atoms with Gasteiger partial charge in [0, 0.05) is 32.5 Å². The van der Waals surface area contributed by atoms with Crippen LogP contribution in [-0.2, 0) is 6.61 Å². The summed E-state index contributed by atoms with van der Waals surface area (Å²) >= 11 is 3.52. The molecule has 0 fully saturated rings. The average Bonchev–Trinajstić information content (AvgIpc) is 2.96. The summed E-state index contributed by atoms with van der Waals surface area (Å²) < 4.78 is 1.03. The van der Waals surface area contributed by atoms with Gasteiger partial charge in [0.05, 0.1) is 17.8 Å². The molecule has 0 unspecified atom stereocenters. The van der Waals surface area contributed by atoms with Gasteiger partial charge in [-0.25, -0.2) is 4.98 Å². The third-order valence-electron chi connectivity index (χ3n) is 3.89. The standard InChI is InChI=1S/C18H13BrN2O/c19-12-5-6-16-14(8-12)15(9-20-16)18-7-11(10-22)13-3-1-2-4-17(13)21-18/h1-9,20,22H,10H2. The predicted molar refractivity (Wildman–Crippen MR) is 92.7 cm³/mol. The van der Waals surface area contributed by atoms with E-state index in [0.717, 1.165) is 43.1 Å². The summed E-state index contributed by atoms with van der Waals surface area (Å²) in [5.74, 6) is 0. The minimum Gasteiger partial charge on any atom is -0.392 e. The smallest absolute Gasteiger partial charge is 0.0734 e. The lowest BCUT2D eigenvalue weighted by Crippen LogP contribution is -1.92. The molecular weight excluding hydrogens is 340 g/mol. The van der Waals surface area contributed by atoms with E-state index in [2.05, 4.69) is 27.0 Å². The quantitative estimate of drug-likeness (QED) is 0.552. The molecule has 0 amide bonds. The molecule has 0 aliphatic carbocycles. The molecule has 0 atom stereocenters. The minimum atomic E-state index is 0.00207. The summed E-state index contributed by atoms with van der Waals surface area (Å²) in [4.78, 5) is 8.04. The molecular formula is C18H13BrN2O. The minimum absolute atomic E-state index is 0.00207. The van der Waals surface area contributed by atoms with Gasteiger partial charge in [-0.1, -0.05) is 34.1 Å². The number of halogens is 1. The zero-order valence-corrected chi connectivity index (χ0v) is 13.3. The molecule has 108 valence electrons. The number of aromatic nitrogens is 2. The highest BCUT2D eigenvalue weighted by Gasteiger charge is 2.11. The molecule has 4 aromatic rings. The van der Waals surface area contributed by atoms with Crippen molar-refractivity contribution in [3.63, 3.8) is 0 Å². The van der Waals surface area contributed by atoms with Gasteiger partial charge in [-0.15, -0.1) is 0 Å². The fraction of sp³-hybridized carbons (Fsp3) is 0.0556. The van der Waals surface area contributed by atoms with Crippen molar-refractivity contribution < 1.29 is 5.11 Å². The number of nitrogens with zero attached hydrogens (tertiary/aromatic N) is 1. The van der Waals surface area contributed by atoms with Gasteiger partial charge in [0.2, 0.25) is 0 Å². The molecule has 0 spiro atoms. The van der Waals surface area contributed by atoms with Gasteiger partial charge in [-0.3, -0.25) is 0 Å². The van der Waals surface area contributed by atoms with Crippen molar-refractivity contribution >= 4 is 37.7 Å². The number of aliphatic hydroxyl groups excluding tert-OH is 1. The van der Waals surface area contributed by atoms with E-state index in [1.807, 2.05) is 48.7 Å². The molecule has 0 aliphatic heterocycles. The van der Waals surface area contributed by atoms with Crippen molar-refractivity contribution in [2.24, 2.45) is 0 Å². The van der Waals surface area contributed by atoms with E-state index in [1.165, 1.54) is 0 Å². The van der Waals surface area contributed by atoms with Crippen LogP contribution in [0, 0.1) is 0 Å². The molecule has 22 heavy (non-hydrogen) atoms. The molecule has 0 saturated heterocycles. The largest absolute Gasteiger partial charge is 0.392 e. The van der Waals surface area contributed by atoms with E-state index in [1.54, 1.807) is 0 Å². The second-order valence-corrected chi connectivity index (χ2v) is 6.15. The fourth-order valence-corrected chi connectivity index (χ4v) is 3.18. The SMILES string of the molecule is OCc1cc(-c2c[nH]c3ccc(Br)cc23)nc2ccccc12. The zero-order chi connectivity index (χ0) is 15.1. The first-order valence-corrected chi connectivity index (χ1v) is 7.82. The van der Waals surface area contributed by atoms with Gasteiger partial charge in [0.1, 0.15) is 0 Å². The third-order valence-corrected chi connectivity index (χ3v) is 4.39. The number of para-hydroxylation sites is 1. The van der Waals surface area contributed by atoms with Crippen LogP contribution in [0.3, 0.4) is 0 Å². The second kappa shape index (κ2) is 5.23. The van der Waals surface area contributed by atoms with E-state index in [4.69, 9.17) is 4.98 Å². The lowest BCUT2D eigenvalue weighted by atomic mass is 10.0. The summed E-state index contributed by atoms with van der Waals surface area (Å²) in [6, 6.07) is 16.0. The molecule has 2 N–H and O–H groups in total. The Morgan fingerprint density at radius 3 is 2.77 bits per heavy atom. The van der Waals surface area contributed by atoms with Gasteiger partial charge in [0.25, 0.3) is 0 Å². The predicted octanol–water partition coefficient (Wildman–Crippen LogP) is 4.64. The number of rotatable bonds is 2.